The van der Waals surface area contributed by atoms with E-state index in [1.165, 1.54) is 16.3 Å². The number of thioether (sulfide) groups is 1. The van der Waals surface area contributed by atoms with Gasteiger partial charge in [-0.1, -0.05) is 0 Å². The fraction of sp³-hybridized carbons (Fsp3) is 0.500. The van der Waals surface area contributed by atoms with Crippen LogP contribution in [0.25, 0.3) is 0 Å². The van der Waals surface area contributed by atoms with Crippen molar-refractivity contribution in [2.24, 2.45) is 0 Å². The van der Waals surface area contributed by atoms with E-state index in [2.05, 4.69) is 4.98 Å². The van der Waals surface area contributed by atoms with Crippen LogP contribution in [-0.4, -0.2) is 32.5 Å². The Morgan fingerprint density at radius 1 is 1.81 bits per heavy atom. The van der Waals surface area contributed by atoms with Gasteiger partial charge in [0.15, 0.2) is 0 Å². The van der Waals surface area contributed by atoms with Gasteiger partial charge in [0.2, 0.25) is 0 Å². The number of aliphatic hydroxyl groups excluding tert-OH is 1. The van der Waals surface area contributed by atoms with Gasteiger partial charge in [0.05, 0.1) is 6.61 Å². The van der Waals surface area contributed by atoms with Crippen LogP contribution < -0.4 is 41.0 Å². The Hall–Kier alpha value is -0.0500. The van der Waals surface area contributed by atoms with Crippen molar-refractivity contribution in [1.82, 2.24) is 9.55 Å². The monoisotopic (exact) mass is 253 g/mol. The Balaban J connectivity index is 0.00000128. The molecule has 0 saturated carbocycles. The van der Waals surface area contributed by atoms with E-state index in [0.29, 0.717) is 5.75 Å². The number of nitrogens with zero attached hydrogens (tertiary/aromatic N) is 2. The van der Waals surface area contributed by atoms with Gasteiger partial charge < -0.3 is 17.0 Å². The number of hydrogen-bond acceptors (Lipinski definition) is 6. The molecule has 1 aliphatic heterocycles. The Morgan fingerprint density at radius 2 is 2.56 bits per heavy atom. The van der Waals surface area contributed by atoms with E-state index in [-0.39, 0.29) is 55.1 Å². The van der Waals surface area contributed by atoms with E-state index in [0.717, 1.165) is 0 Å². The molecule has 2 atom stereocenters. The van der Waals surface area contributed by atoms with Crippen molar-refractivity contribution in [3.8, 4) is 0 Å². The molecule has 0 radical (unpaired) electrons. The van der Waals surface area contributed by atoms with E-state index in [1.807, 2.05) is 0 Å². The first-order chi connectivity index (χ1) is 7.20. The predicted octanol–water partition coefficient (Wildman–Crippen LogP) is -3.48. The van der Waals surface area contributed by atoms with Crippen molar-refractivity contribution >= 4 is 17.6 Å². The van der Waals surface area contributed by atoms with Crippen LogP contribution in [0.2, 0.25) is 0 Å². The standard InChI is InChI=1S/C8H11N3O3S.Na.H/c9-5-1-2-11(8(13)10-5)6-4-15-7(3-12)14-6;;/h1-2,6-7,12H,3-4H2,(H2,9,10,13);;/q;+1;-1/t6-,7+;;/m0../s1. The molecule has 1 aromatic rings. The molecule has 2 heterocycles. The largest absolute Gasteiger partial charge is 1.00 e. The third-order valence-electron chi connectivity index (χ3n) is 2.04. The molecule has 8 heteroatoms. The zero-order valence-corrected chi connectivity index (χ0v) is 11.7. The first-order valence-corrected chi connectivity index (χ1v) is 5.48. The SMILES string of the molecule is Nc1ccn([C@@H]2CS[C@H](CO)O2)c(=O)n1.[H-].[Na+]. The van der Waals surface area contributed by atoms with Crippen molar-refractivity contribution in [2.45, 2.75) is 11.7 Å². The van der Waals surface area contributed by atoms with Crippen molar-refractivity contribution in [3.63, 3.8) is 0 Å². The van der Waals surface area contributed by atoms with Crippen LogP contribution in [0.5, 0.6) is 0 Å². The average Bonchev–Trinajstić information content (AvgIpc) is 2.66. The number of aromatic nitrogens is 2. The van der Waals surface area contributed by atoms with Gasteiger partial charge in [-0.15, -0.1) is 11.8 Å². The minimum atomic E-state index is -0.431. The van der Waals surface area contributed by atoms with Gasteiger partial charge in [-0.3, -0.25) is 4.57 Å². The second-order valence-electron chi connectivity index (χ2n) is 3.08. The maximum absolute atomic E-state index is 11.4. The van der Waals surface area contributed by atoms with Gasteiger partial charge in [-0.25, -0.2) is 4.79 Å². The van der Waals surface area contributed by atoms with Crippen LogP contribution in [0.4, 0.5) is 5.82 Å². The molecular formula is C8H12N3NaO3S. The Bertz CT molecular complexity index is 419. The van der Waals surface area contributed by atoms with Gasteiger partial charge in [-0.05, 0) is 6.07 Å². The van der Waals surface area contributed by atoms with Crippen LogP contribution >= 0.6 is 11.8 Å². The molecule has 16 heavy (non-hydrogen) atoms. The molecule has 6 nitrogen and oxygen atoms in total. The summed E-state index contributed by atoms with van der Waals surface area (Å²) in [4.78, 5) is 15.0. The molecule has 1 aliphatic rings. The second kappa shape index (κ2) is 6.04. The summed E-state index contributed by atoms with van der Waals surface area (Å²) in [7, 11) is 0. The predicted molar refractivity (Wildman–Crippen MR) is 57.5 cm³/mol. The number of anilines is 1. The van der Waals surface area contributed by atoms with Crippen molar-refractivity contribution in [3.05, 3.63) is 22.7 Å². The fourth-order valence-electron chi connectivity index (χ4n) is 1.33. The minimum absolute atomic E-state index is 0. The summed E-state index contributed by atoms with van der Waals surface area (Å²) in [5.74, 6) is 0.817. The third kappa shape index (κ3) is 2.99. The Kier molecular flexibility index (Phi) is 5.29. The molecule has 1 saturated heterocycles. The maximum Gasteiger partial charge on any atom is 1.00 e. The molecule has 3 N–H and O–H groups in total. The summed E-state index contributed by atoms with van der Waals surface area (Å²) in [5.41, 5.74) is 4.67. The van der Waals surface area contributed by atoms with Crippen LogP contribution in [-0.2, 0) is 4.74 Å². The molecule has 0 bridgehead atoms. The van der Waals surface area contributed by atoms with E-state index < -0.39 is 5.69 Å². The molecule has 0 aliphatic carbocycles. The van der Waals surface area contributed by atoms with E-state index >= 15 is 0 Å². The summed E-state index contributed by atoms with van der Waals surface area (Å²) in [6.45, 7) is -0.0572. The molecule has 84 valence electrons. The average molecular weight is 253 g/mol. The van der Waals surface area contributed by atoms with Gasteiger partial charge in [0.1, 0.15) is 17.5 Å². The Labute approximate surface area is 120 Å². The zero-order chi connectivity index (χ0) is 10.8. The van der Waals surface area contributed by atoms with E-state index in [4.69, 9.17) is 15.6 Å². The topological polar surface area (TPSA) is 90.4 Å². The number of hydrogen-bond donors (Lipinski definition) is 2. The molecular weight excluding hydrogens is 241 g/mol. The van der Waals surface area contributed by atoms with Gasteiger partial charge in [-0.2, -0.15) is 4.98 Å². The van der Waals surface area contributed by atoms with Gasteiger partial charge in [0, 0.05) is 11.9 Å². The summed E-state index contributed by atoms with van der Waals surface area (Å²) in [5, 5.41) is 8.88. The zero-order valence-electron chi connectivity index (χ0n) is 9.87. The Morgan fingerprint density at radius 3 is 3.12 bits per heavy atom. The van der Waals surface area contributed by atoms with Crippen LogP contribution in [0.15, 0.2) is 17.1 Å². The van der Waals surface area contributed by atoms with Crippen molar-refractivity contribution in [1.29, 1.82) is 0 Å². The first kappa shape index (κ1) is 14.0. The van der Waals surface area contributed by atoms with Crippen molar-refractivity contribution < 1.29 is 40.8 Å². The summed E-state index contributed by atoms with van der Waals surface area (Å²) >= 11 is 1.47. The second-order valence-corrected chi connectivity index (χ2v) is 4.27. The summed E-state index contributed by atoms with van der Waals surface area (Å²) in [6, 6.07) is 1.54. The van der Waals surface area contributed by atoms with Crippen LogP contribution in [0.1, 0.15) is 7.65 Å². The third-order valence-corrected chi connectivity index (χ3v) is 3.15. The van der Waals surface area contributed by atoms with Gasteiger partial charge in [0.25, 0.3) is 0 Å². The molecule has 2 rings (SSSR count). The first-order valence-electron chi connectivity index (χ1n) is 4.43. The number of ether oxygens (including phenoxy) is 1. The number of aliphatic hydroxyl groups is 1. The van der Waals surface area contributed by atoms with E-state index in [1.54, 1.807) is 12.3 Å². The number of rotatable bonds is 2. The molecule has 0 unspecified atom stereocenters. The number of nitrogen functional groups attached to an aromatic ring is 1. The molecule has 0 amide bonds. The quantitative estimate of drug-likeness (QED) is 0.532. The summed E-state index contributed by atoms with van der Waals surface area (Å²) < 4.78 is 6.79. The maximum atomic E-state index is 11.4. The van der Waals surface area contributed by atoms with E-state index in [9.17, 15) is 4.79 Å². The number of nitrogens with two attached hydrogens (primary N) is 1. The van der Waals surface area contributed by atoms with Crippen LogP contribution in [0.3, 0.4) is 0 Å². The minimum Gasteiger partial charge on any atom is -1.00 e. The van der Waals surface area contributed by atoms with Gasteiger partial charge >= 0.3 is 35.2 Å². The molecule has 0 spiro atoms. The summed E-state index contributed by atoms with van der Waals surface area (Å²) in [6.07, 6.45) is 1.18. The molecule has 1 fully saturated rings. The van der Waals surface area contributed by atoms with Crippen molar-refractivity contribution in [2.75, 3.05) is 18.1 Å². The fourth-order valence-corrected chi connectivity index (χ4v) is 2.26. The molecule has 1 aromatic heterocycles. The smallest absolute Gasteiger partial charge is 1.00 e. The normalized spacial score (nSPS) is 24.1. The van der Waals surface area contributed by atoms with Crippen LogP contribution in [0, 0.1) is 0 Å². The molecule has 0 aromatic carbocycles.